The summed E-state index contributed by atoms with van der Waals surface area (Å²) in [6.07, 6.45) is 0. The van der Waals surface area contributed by atoms with Crippen LogP contribution in [0.1, 0.15) is 23.2 Å². The lowest BCUT2D eigenvalue weighted by molar-refractivity contribution is -0.402. The maximum atomic E-state index is 12.4. The van der Waals surface area contributed by atoms with Gasteiger partial charge in [-0.2, -0.15) is 4.98 Å². The van der Waals surface area contributed by atoms with Crippen LogP contribution in [0.3, 0.4) is 0 Å². The molecule has 1 fully saturated rings. The Balaban J connectivity index is 1.65. The Hall–Kier alpha value is -3.17. The number of nitro groups is 1. The predicted molar refractivity (Wildman–Crippen MR) is 94.4 cm³/mol. The molecule has 1 aliphatic rings. The Morgan fingerprint density at radius 3 is 2.65 bits per heavy atom. The third kappa shape index (κ3) is 3.73. The number of anilines is 2. The maximum absolute atomic E-state index is 12.4. The van der Waals surface area contributed by atoms with Gasteiger partial charge in [0.2, 0.25) is 5.95 Å². The van der Waals surface area contributed by atoms with Gasteiger partial charge in [0.15, 0.2) is 5.76 Å². The smallest absolute Gasteiger partial charge is 0.395 e. The summed E-state index contributed by atoms with van der Waals surface area (Å²) < 4.78 is 5.00. The largest absolute Gasteiger partial charge is 0.433 e. The summed E-state index contributed by atoms with van der Waals surface area (Å²) in [5.41, 5.74) is 0.868. The monoisotopic (exact) mass is 360 g/mol. The first-order valence-corrected chi connectivity index (χ1v) is 8.36. The first kappa shape index (κ1) is 17.6. The Morgan fingerprint density at radius 1 is 1.31 bits per heavy atom. The normalized spacial score (nSPS) is 14.4. The van der Waals surface area contributed by atoms with Crippen molar-refractivity contribution in [2.24, 2.45) is 0 Å². The van der Waals surface area contributed by atoms with E-state index in [0.717, 1.165) is 18.1 Å². The van der Waals surface area contributed by atoms with E-state index < -0.39 is 10.8 Å². The van der Waals surface area contributed by atoms with Crippen LogP contribution in [0.2, 0.25) is 0 Å². The molecule has 0 aromatic carbocycles. The van der Waals surface area contributed by atoms with E-state index in [2.05, 4.69) is 20.2 Å². The van der Waals surface area contributed by atoms with Gasteiger partial charge in [-0.1, -0.05) is 0 Å². The van der Waals surface area contributed by atoms with Crippen LogP contribution in [0.25, 0.3) is 0 Å². The van der Waals surface area contributed by atoms with Crippen molar-refractivity contribution in [3.63, 3.8) is 0 Å². The van der Waals surface area contributed by atoms with Crippen molar-refractivity contribution in [2.45, 2.75) is 13.8 Å². The zero-order valence-corrected chi connectivity index (χ0v) is 14.6. The molecule has 0 saturated carbocycles. The van der Waals surface area contributed by atoms with Crippen molar-refractivity contribution >= 4 is 23.6 Å². The molecule has 10 heteroatoms. The molecule has 138 valence electrons. The maximum Gasteiger partial charge on any atom is 0.433 e. The van der Waals surface area contributed by atoms with Crippen LogP contribution in [0, 0.1) is 17.0 Å². The summed E-state index contributed by atoms with van der Waals surface area (Å²) in [6, 6.07) is 4.44. The number of carbonyl (C=O) groups excluding carboxylic acids is 1. The fraction of sp³-hybridized carbons (Fsp3) is 0.438. The number of piperazine rings is 1. The van der Waals surface area contributed by atoms with E-state index in [1.807, 2.05) is 19.9 Å². The fourth-order valence-electron chi connectivity index (χ4n) is 2.79. The lowest BCUT2D eigenvalue weighted by Crippen LogP contribution is -2.49. The van der Waals surface area contributed by atoms with Crippen LogP contribution in [0.4, 0.5) is 17.7 Å². The van der Waals surface area contributed by atoms with Crippen LogP contribution in [-0.2, 0) is 0 Å². The average molecular weight is 360 g/mol. The van der Waals surface area contributed by atoms with Crippen LogP contribution in [-0.4, -0.2) is 58.4 Å². The molecule has 10 nitrogen and oxygen atoms in total. The molecule has 0 atom stereocenters. The highest BCUT2D eigenvalue weighted by Crippen LogP contribution is 2.20. The van der Waals surface area contributed by atoms with Crippen LogP contribution >= 0.6 is 0 Å². The fourth-order valence-corrected chi connectivity index (χ4v) is 2.79. The number of carbonyl (C=O) groups is 1. The van der Waals surface area contributed by atoms with Gasteiger partial charge in [-0.25, -0.2) is 4.98 Å². The Kier molecular flexibility index (Phi) is 5.01. The number of aromatic nitrogens is 2. The van der Waals surface area contributed by atoms with Gasteiger partial charge < -0.3 is 19.5 Å². The zero-order chi connectivity index (χ0) is 18.7. The highest BCUT2D eigenvalue weighted by Gasteiger charge is 2.26. The number of aryl methyl sites for hydroxylation is 1. The second-order valence-electron chi connectivity index (χ2n) is 5.90. The molecule has 0 spiro atoms. The molecule has 0 bridgehead atoms. The molecule has 1 amide bonds. The number of furan rings is 1. The van der Waals surface area contributed by atoms with Crippen molar-refractivity contribution in [1.29, 1.82) is 0 Å². The lowest BCUT2D eigenvalue weighted by Gasteiger charge is -2.35. The lowest BCUT2D eigenvalue weighted by atomic mass is 10.2. The van der Waals surface area contributed by atoms with Gasteiger partial charge >= 0.3 is 5.88 Å². The van der Waals surface area contributed by atoms with Crippen LogP contribution in [0.5, 0.6) is 0 Å². The first-order chi connectivity index (χ1) is 12.5. The second-order valence-corrected chi connectivity index (χ2v) is 5.90. The molecule has 26 heavy (non-hydrogen) atoms. The molecule has 0 aliphatic carbocycles. The molecule has 3 heterocycles. The predicted octanol–water partition coefficient (Wildman–Crippen LogP) is 1.68. The standard InChI is InChI=1S/C16H20N6O4/c1-3-17-16-18-11(2)10-13(19-16)20-6-8-21(9-7-20)15(23)12-4-5-14(26-12)22(24)25/h4-5,10H,3,6-9H2,1-2H3,(H,17,18,19). The van der Waals surface area contributed by atoms with E-state index in [1.165, 1.54) is 12.1 Å². The molecular formula is C16H20N6O4. The zero-order valence-electron chi connectivity index (χ0n) is 14.6. The Bertz CT molecular complexity index is 813. The minimum absolute atomic E-state index is 0.0162. The number of hydrogen-bond acceptors (Lipinski definition) is 8. The van der Waals surface area contributed by atoms with E-state index in [-0.39, 0.29) is 11.7 Å². The van der Waals surface area contributed by atoms with E-state index in [1.54, 1.807) is 4.90 Å². The third-order valence-corrected chi connectivity index (χ3v) is 4.05. The van der Waals surface area contributed by atoms with Crippen LogP contribution in [0.15, 0.2) is 22.6 Å². The van der Waals surface area contributed by atoms with Crippen LogP contribution < -0.4 is 10.2 Å². The number of hydrogen-bond donors (Lipinski definition) is 1. The van der Waals surface area contributed by atoms with Gasteiger partial charge in [-0.15, -0.1) is 0 Å². The minimum atomic E-state index is -0.659. The highest BCUT2D eigenvalue weighted by atomic mass is 16.6. The van der Waals surface area contributed by atoms with E-state index in [9.17, 15) is 14.9 Å². The highest BCUT2D eigenvalue weighted by molar-refractivity contribution is 5.92. The van der Waals surface area contributed by atoms with Crippen molar-refractivity contribution in [1.82, 2.24) is 14.9 Å². The molecule has 1 saturated heterocycles. The summed E-state index contributed by atoms with van der Waals surface area (Å²) in [7, 11) is 0. The van der Waals surface area contributed by atoms with E-state index in [4.69, 9.17) is 4.42 Å². The molecular weight excluding hydrogens is 340 g/mol. The summed E-state index contributed by atoms with van der Waals surface area (Å²) in [5.74, 6) is 0.611. The molecule has 1 aliphatic heterocycles. The SMILES string of the molecule is CCNc1nc(C)cc(N2CCN(C(=O)c3ccc([N+](=O)[O-])o3)CC2)n1. The minimum Gasteiger partial charge on any atom is -0.395 e. The average Bonchev–Trinajstić information content (AvgIpc) is 3.11. The van der Waals surface area contributed by atoms with E-state index >= 15 is 0 Å². The van der Waals surface area contributed by atoms with Gasteiger partial charge in [0.05, 0.1) is 6.07 Å². The second kappa shape index (κ2) is 7.38. The Morgan fingerprint density at radius 2 is 2.04 bits per heavy atom. The molecule has 2 aromatic heterocycles. The number of rotatable bonds is 5. The number of nitrogens with one attached hydrogen (secondary N) is 1. The van der Waals surface area contributed by atoms with Gasteiger partial charge in [0, 0.05) is 44.5 Å². The summed E-state index contributed by atoms with van der Waals surface area (Å²) >= 11 is 0. The molecule has 1 N–H and O–H groups in total. The topological polar surface area (TPSA) is 118 Å². The quantitative estimate of drug-likeness (QED) is 0.632. The summed E-state index contributed by atoms with van der Waals surface area (Å²) in [5, 5.41) is 13.8. The third-order valence-electron chi connectivity index (χ3n) is 4.05. The van der Waals surface area contributed by atoms with Gasteiger partial charge in [-0.3, -0.25) is 14.9 Å². The Labute approximate surface area is 150 Å². The molecule has 0 radical (unpaired) electrons. The van der Waals surface area contributed by atoms with Gasteiger partial charge in [0.1, 0.15) is 10.7 Å². The van der Waals surface area contributed by atoms with E-state index in [0.29, 0.717) is 32.1 Å². The van der Waals surface area contributed by atoms with Crippen molar-refractivity contribution in [3.05, 3.63) is 39.8 Å². The van der Waals surface area contributed by atoms with Gasteiger partial charge in [0.25, 0.3) is 5.91 Å². The number of nitrogens with zero attached hydrogens (tertiary/aromatic N) is 5. The summed E-state index contributed by atoms with van der Waals surface area (Å²) in [6.45, 7) is 6.80. The number of amides is 1. The first-order valence-electron chi connectivity index (χ1n) is 8.36. The van der Waals surface area contributed by atoms with Crippen molar-refractivity contribution < 1.29 is 14.1 Å². The van der Waals surface area contributed by atoms with Crippen molar-refractivity contribution in [2.75, 3.05) is 42.9 Å². The van der Waals surface area contributed by atoms with Crippen molar-refractivity contribution in [3.8, 4) is 0 Å². The summed E-state index contributed by atoms with van der Waals surface area (Å²) in [4.78, 5) is 35.0. The van der Waals surface area contributed by atoms with Gasteiger partial charge in [-0.05, 0) is 19.9 Å². The molecule has 2 aromatic rings. The molecule has 3 rings (SSSR count). The molecule has 0 unspecified atom stereocenters.